The molecular formula is C17H30BrN3. The first-order chi connectivity index (χ1) is 10.0. The van der Waals surface area contributed by atoms with Crippen molar-refractivity contribution in [1.29, 1.82) is 0 Å². The molecule has 0 bridgehead atoms. The molecule has 0 heterocycles. The Morgan fingerprint density at radius 2 is 1.76 bits per heavy atom. The van der Waals surface area contributed by atoms with Crippen LogP contribution in [-0.2, 0) is 0 Å². The third-order valence-corrected chi connectivity index (χ3v) is 4.71. The van der Waals surface area contributed by atoms with Crippen LogP contribution in [0.25, 0.3) is 0 Å². The second kappa shape index (κ2) is 9.44. The number of anilines is 1. The summed E-state index contributed by atoms with van der Waals surface area (Å²) < 4.78 is 1.11. The van der Waals surface area contributed by atoms with Gasteiger partial charge in [-0.1, -0.05) is 35.8 Å². The van der Waals surface area contributed by atoms with Crippen molar-refractivity contribution in [2.24, 2.45) is 5.73 Å². The van der Waals surface area contributed by atoms with Crippen molar-refractivity contribution in [3.05, 3.63) is 28.2 Å². The van der Waals surface area contributed by atoms with Crippen LogP contribution in [0, 0.1) is 0 Å². The summed E-state index contributed by atoms with van der Waals surface area (Å²) >= 11 is 3.64. The third kappa shape index (κ3) is 5.61. The summed E-state index contributed by atoms with van der Waals surface area (Å²) in [5.74, 6) is 0. The molecule has 0 saturated carbocycles. The Balaban J connectivity index is 2.66. The van der Waals surface area contributed by atoms with E-state index in [9.17, 15) is 0 Å². The molecule has 21 heavy (non-hydrogen) atoms. The maximum absolute atomic E-state index is 5.97. The maximum atomic E-state index is 5.97. The van der Waals surface area contributed by atoms with Gasteiger partial charge in [-0.3, -0.25) is 0 Å². The van der Waals surface area contributed by atoms with Crippen molar-refractivity contribution in [1.82, 2.24) is 4.90 Å². The van der Waals surface area contributed by atoms with Gasteiger partial charge in [0.25, 0.3) is 0 Å². The van der Waals surface area contributed by atoms with E-state index in [1.807, 2.05) is 6.92 Å². The van der Waals surface area contributed by atoms with E-state index in [0.717, 1.165) is 36.2 Å². The number of hydrogen-bond acceptors (Lipinski definition) is 3. The summed E-state index contributed by atoms with van der Waals surface area (Å²) in [6.45, 7) is 14.2. The lowest BCUT2D eigenvalue weighted by atomic mass is 10.1. The molecule has 3 nitrogen and oxygen atoms in total. The fourth-order valence-electron chi connectivity index (χ4n) is 2.58. The molecule has 0 radical (unpaired) electrons. The first-order valence-electron chi connectivity index (χ1n) is 8.05. The Bertz CT molecular complexity index is 416. The van der Waals surface area contributed by atoms with Crippen LogP contribution in [0.15, 0.2) is 22.7 Å². The Kier molecular flexibility index (Phi) is 8.30. The molecular weight excluding hydrogens is 326 g/mol. The predicted molar refractivity (Wildman–Crippen MR) is 97.0 cm³/mol. The van der Waals surface area contributed by atoms with Crippen LogP contribution in [-0.4, -0.2) is 37.6 Å². The van der Waals surface area contributed by atoms with Gasteiger partial charge < -0.3 is 15.5 Å². The Morgan fingerprint density at radius 1 is 1.10 bits per heavy atom. The molecule has 0 amide bonds. The van der Waals surface area contributed by atoms with Crippen molar-refractivity contribution >= 4 is 21.6 Å². The first kappa shape index (κ1) is 18.5. The molecule has 0 saturated heterocycles. The van der Waals surface area contributed by atoms with Gasteiger partial charge in [-0.25, -0.2) is 0 Å². The highest BCUT2D eigenvalue weighted by Crippen LogP contribution is 2.27. The number of nitrogens with two attached hydrogens (primary N) is 1. The third-order valence-electron chi connectivity index (χ3n) is 4.02. The molecule has 4 heteroatoms. The molecule has 1 unspecified atom stereocenters. The van der Waals surface area contributed by atoms with E-state index in [0.29, 0.717) is 0 Å². The monoisotopic (exact) mass is 355 g/mol. The lowest BCUT2D eigenvalue weighted by Crippen LogP contribution is -2.30. The van der Waals surface area contributed by atoms with Crippen LogP contribution in [0.3, 0.4) is 0 Å². The molecule has 1 aromatic rings. The predicted octanol–water partition coefficient (Wildman–Crippen LogP) is 4.03. The van der Waals surface area contributed by atoms with Crippen molar-refractivity contribution in [2.45, 2.75) is 40.2 Å². The Morgan fingerprint density at radius 3 is 2.24 bits per heavy atom. The molecule has 120 valence electrons. The minimum Gasteiger partial charge on any atom is -0.372 e. The quantitative estimate of drug-likeness (QED) is 0.725. The second-order valence-corrected chi connectivity index (χ2v) is 6.31. The zero-order chi connectivity index (χ0) is 15.8. The van der Waals surface area contributed by atoms with E-state index in [-0.39, 0.29) is 6.04 Å². The topological polar surface area (TPSA) is 32.5 Å². The van der Waals surface area contributed by atoms with E-state index in [1.165, 1.54) is 18.7 Å². The molecule has 0 fully saturated rings. The van der Waals surface area contributed by atoms with Crippen LogP contribution >= 0.6 is 15.9 Å². The standard InChI is InChI=1S/C17H30BrN3/c1-5-20(6-2)11-8-12-21(7-3)15-9-10-16(14(4)19)17(18)13-15/h9-10,13-14H,5-8,11-12,19H2,1-4H3. The fraction of sp³-hybridized carbons (Fsp3) is 0.647. The van der Waals surface area contributed by atoms with Crippen LogP contribution in [0.2, 0.25) is 0 Å². The normalized spacial score (nSPS) is 12.7. The molecule has 0 spiro atoms. The van der Waals surface area contributed by atoms with E-state index < -0.39 is 0 Å². The van der Waals surface area contributed by atoms with Gasteiger partial charge in [0.15, 0.2) is 0 Å². The van der Waals surface area contributed by atoms with E-state index in [2.05, 4.69) is 64.7 Å². The van der Waals surface area contributed by atoms with E-state index in [4.69, 9.17) is 5.73 Å². The van der Waals surface area contributed by atoms with Crippen LogP contribution in [0.4, 0.5) is 5.69 Å². The summed E-state index contributed by atoms with van der Waals surface area (Å²) in [5.41, 5.74) is 8.40. The van der Waals surface area contributed by atoms with Crippen LogP contribution in [0.1, 0.15) is 45.7 Å². The van der Waals surface area contributed by atoms with Crippen molar-refractivity contribution in [3.8, 4) is 0 Å². The summed E-state index contributed by atoms with van der Waals surface area (Å²) in [4.78, 5) is 4.90. The summed E-state index contributed by atoms with van der Waals surface area (Å²) in [6, 6.07) is 6.58. The van der Waals surface area contributed by atoms with Crippen molar-refractivity contribution < 1.29 is 0 Å². The second-order valence-electron chi connectivity index (χ2n) is 5.45. The number of hydrogen-bond donors (Lipinski definition) is 1. The average molecular weight is 356 g/mol. The summed E-state index contributed by atoms with van der Waals surface area (Å²) in [5, 5.41) is 0. The van der Waals surface area contributed by atoms with Crippen LogP contribution < -0.4 is 10.6 Å². The van der Waals surface area contributed by atoms with Gasteiger partial charge >= 0.3 is 0 Å². The van der Waals surface area contributed by atoms with Gasteiger partial charge in [0.2, 0.25) is 0 Å². The average Bonchev–Trinajstić information content (AvgIpc) is 2.47. The first-order valence-corrected chi connectivity index (χ1v) is 8.85. The smallest absolute Gasteiger partial charge is 0.0377 e. The Hall–Kier alpha value is -0.580. The molecule has 1 rings (SSSR count). The highest BCUT2D eigenvalue weighted by molar-refractivity contribution is 9.10. The number of halogens is 1. The van der Waals surface area contributed by atoms with E-state index >= 15 is 0 Å². The fourth-order valence-corrected chi connectivity index (χ4v) is 3.30. The van der Waals surface area contributed by atoms with Gasteiger partial charge in [-0.05, 0) is 57.6 Å². The molecule has 0 aliphatic carbocycles. The van der Waals surface area contributed by atoms with Gasteiger partial charge in [-0.2, -0.15) is 0 Å². The molecule has 0 aliphatic heterocycles. The van der Waals surface area contributed by atoms with E-state index in [1.54, 1.807) is 0 Å². The molecule has 0 aromatic heterocycles. The molecule has 1 aromatic carbocycles. The summed E-state index contributed by atoms with van der Waals surface area (Å²) in [7, 11) is 0. The number of nitrogens with zero attached hydrogens (tertiary/aromatic N) is 2. The van der Waals surface area contributed by atoms with Gasteiger partial charge in [0.05, 0.1) is 0 Å². The van der Waals surface area contributed by atoms with Gasteiger partial charge in [0.1, 0.15) is 0 Å². The SMILES string of the molecule is CCN(CC)CCCN(CC)c1ccc(C(C)N)c(Br)c1. The zero-order valence-corrected chi connectivity index (χ0v) is 15.5. The minimum atomic E-state index is 0.0613. The zero-order valence-electron chi connectivity index (χ0n) is 13.9. The largest absolute Gasteiger partial charge is 0.372 e. The molecule has 2 N–H and O–H groups in total. The lowest BCUT2D eigenvalue weighted by Gasteiger charge is -2.26. The Labute approximate surface area is 138 Å². The minimum absolute atomic E-state index is 0.0613. The maximum Gasteiger partial charge on any atom is 0.0377 e. The van der Waals surface area contributed by atoms with Gasteiger partial charge in [-0.15, -0.1) is 0 Å². The molecule has 1 atom stereocenters. The highest BCUT2D eigenvalue weighted by atomic mass is 79.9. The van der Waals surface area contributed by atoms with Gasteiger partial charge in [0, 0.05) is 29.3 Å². The summed E-state index contributed by atoms with van der Waals surface area (Å²) in [6.07, 6.45) is 1.20. The number of benzene rings is 1. The lowest BCUT2D eigenvalue weighted by molar-refractivity contribution is 0.301. The molecule has 0 aliphatic rings. The number of rotatable bonds is 9. The van der Waals surface area contributed by atoms with Crippen molar-refractivity contribution in [3.63, 3.8) is 0 Å². The van der Waals surface area contributed by atoms with Crippen molar-refractivity contribution in [2.75, 3.05) is 37.6 Å². The highest BCUT2D eigenvalue weighted by Gasteiger charge is 2.10. The van der Waals surface area contributed by atoms with Crippen LogP contribution in [0.5, 0.6) is 0 Å².